The van der Waals surface area contributed by atoms with E-state index in [1.165, 1.54) is 6.42 Å². The smallest absolute Gasteiger partial charge is 0.229 e. The number of rotatable bonds is 1. The Kier molecular flexibility index (Phi) is 2.31. The molecule has 0 aromatic carbocycles. The monoisotopic (exact) mass is 222 g/mol. The van der Waals surface area contributed by atoms with Gasteiger partial charge in [0.15, 0.2) is 5.17 Å². The zero-order valence-electron chi connectivity index (χ0n) is 8.48. The Morgan fingerprint density at radius 1 is 1.47 bits per heavy atom. The summed E-state index contributed by atoms with van der Waals surface area (Å²) in [5.41, 5.74) is 0. The van der Waals surface area contributed by atoms with Gasteiger partial charge in [0.2, 0.25) is 5.91 Å². The van der Waals surface area contributed by atoms with Crippen LogP contribution in [0.4, 0.5) is 0 Å². The highest BCUT2D eigenvalue weighted by atomic mass is 32.2. The van der Waals surface area contributed by atoms with Gasteiger partial charge in [0.25, 0.3) is 0 Å². The van der Waals surface area contributed by atoms with Gasteiger partial charge in [-0.3, -0.25) is 9.79 Å². The molecule has 2 aliphatic carbocycles. The molecule has 0 saturated heterocycles. The summed E-state index contributed by atoms with van der Waals surface area (Å²) >= 11 is 1.65. The first-order valence-electron chi connectivity index (χ1n) is 5.49. The Balaban J connectivity index is 1.63. The lowest BCUT2D eigenvalue weighted by Gasteiger charge is -2.16. The Labute approximate surface area is 93.4 Å². The molecule has 80 valence electrons. The van der Waals surface area contributed by atoms with E-state index in [1.807, 2.05) is 0 Å². The molecule has 1 fully saturated rings. The van der Waals surface area contributed by atoms with Gasteiger partial charge in [0.1, 0.15) is 0 Å². The van der Waals surface area contributed by atoms with Gasteiger partial charge in [-0.15, -0.1) is 0 Å². The molecular formula is C11H14N2OS. The molecule has 1 heterocycles. The van der Waals surface area contributed by atoms with Crippen LogP contribution in [-0.2, 0) is 4.79 Å². The molecule has 3 aliphatic rings. The summed E-state index contributed by atoms with van der Waals surface area (Å²) in [5, 5.41) is 3.77. The predicted molar refractivity (Wildman–Crippen MR) is 61.7 cm³/mol. The highest BCUT2D eigenvalue weighted by Gasteiger charge is 2.40. The van der Waals surface area contributed by atoms with Gasteiger partial charge < -0.3 is 5.32 Å². The number of nitrogens with zero attached hydrogens (tertiary/aromatic N) is 1. The minimum Gasteiger partial charge on any atom is -0.305 e. The molecule has 0 spiro atoms. The molecule has 4 heteroatoms. The quantitative estimate of drug-likeness (QED) is 0.682. The summed E-state index contributed by atoms with van der Waals surface area (Å²) in [6.45, 7) is 0.844. The van der Waals surface area contributed by atoms with Gasteiger partial charge in [0.05, 0.1) is 6.54 Å². The molecule has 1 amide bonds. The summed E-state index contributed by atoms with van der Waals surface area (Å²) in [6.07, 6.45) is 6.68. The Morgan fingerprint density at radius 3 is 3.00 bits per heavy atom. The highest BCUT2D eigenvalue weighted by molar-refractivity contribution is 8.14. The number of fused-ring (bicyclic) bond motifs is 2. The van der Waals surface area contributed by atoms with Gasteiger partial charge in [-0.2, -0.15) is 0 Å². The fourth-order valence-corrected chi connectivity index (χ4v) is 3.42. The third-order valence-electron chi connectivity index (χ3n) is 3.43. The topological polar surface area (TPSA) is 41.5 Å². The average molecular weight is 222 g/mol. The second kappa shape index (κ2) is 3.67. The molecule has 1 aliphatic heterocycles. The zero-order valence-corrected chi connectivity index (χ0v) is 9.30. The van der Waals surface area contributed by atoms with Gasteiger partial charge in [-0.1, -0.05) is 23.9 Å². The number of amidine groups is 1. The summed E-state index contributed by atoms with van der Waals surface area (Å²) in [6, 6.07) is 0. The van der Waals surface area contributed by atoms with Crippen molar-refractivity contribution in [1.82, 2.24) is 5.32 Å². The Bertz CT molecular complexity index is 350. The van der Waals surface area contributed by atoms with Crippen molar-refractivity contribution < 1.29 is 4.79 Å². The molecule has 2 bridgehead atoms. The van der Waals surface area contributed by atoms with Crippen LogP contribution in [0.3, 0.4) is 0 Å². The molecule has 0 aromatic heterocycles. The molecule has 1 N–H and O–H groups in total. The van der Waals surface area contributed by atoms with Crippen LogP contribution in [0.15, 0.2) is 17.1 Å². The zero-order chi connectivity index (χ0) is 10.3. The summed E-state index contributed by atoms with van der Waals surface area (Å²) in [4.78, 5) is 16.2. The van der Waals surface area contributed by atoms with E-state index >= 15 is 0 Å². The van der Waals surface area contributed by atoms with Crippen molar-refractivity contribution in [2.24, 2.45) is 22.7 Å². The van der Waals surface area contributed by atoms with E-state index < -0.39 is 0 Å². The van der Waals surface area contributed by atoms with Crippen molar-refractivity contribution in [3.63, 3.8) is 0 Å². The van der Waals surface area contributed by atoms with Crippen LogP contribution in [0.5, 0.6) is 0 Å². The number of hydrogen-bond acceptors (Lipinski definition) is 3. The first-order valence-corrected chi connectivity index (χ1v) is 6.48. The Morgan fingerprint density at radius 2 is 2.40 bits per heavy atom. The van der Waals surface area contributed by atoms with Crippen molar-refractivity contribution in [1.29, 1.82) is 0 Å². The molecule has 3 unspecified atom stereocenters. The number of hydrogen-bond donors (Lipinski definition) is 1. The van der Waals surface area contributed by atoms with Crippen LogP contribution in [0, 0.1) is 17.8 Å². The van der Waals surface area contributed by atoms with Crippen molar-refractivity contribution in [3.05, 3.63) is 12.2 Å². The number of carbonyl (C=O) groups excluding carboxylic acids is 1. The molecule has 3 nitrogen and oxygen atoms in total. The van der Waals surface area contributed by atoms with Crippen LogP contribution in [0.25, 0.3) is 0 Å². The van der Waals surface area contributed by atoms with E-state index in [4.69, 9.17) is 0 Å². The molecule has 0 radical (unpaired) electrons. The van der Waals surface area contributed by atoms with Crippen LogP contribution in [-0.4, -0.2) is 23.4 Å². The minimum absolute atomic E-state index is 0.181. The van der Waals surface area contributed by atoms with E-state index in [2.05, 4.69) is 22.5 Å². The maximum atomic E-state index is 12.0. The van der Waals surface area contributed by atoms with Gasteiger partial charge in [-0.05, 0) is 24.7 Å². The summed E-state index contributed by atoms with van der Waals surface area (Å²) in [5.74, 6) is 2.53. The van der Waals surface area contributed by atoms with Crippen LogP contribution < -0.4 is 5.32 Å². The Hall–Kier alpha value is -0.770. The minimum atomic E-state index is 0.181. The largest absolute Gasteiger partial charge is 0.305 e. The van der Waals surface area contributed by atoms with Crippen molar-refractivity contribution in [3.8, 4) is 0 Å². The first-order chi connectivity index (χ1) is 7.33. The number of allylic oxidation sites excluding steroid dienone is 2. The molecule has 3 atom stereocenters. The maximum Gasteiger partial charge on any atom is 0.229 e. The highest BCUT2D eigenvalue weighted by Crippen LogP contribution is 2.43. The normalized spacial score (nSPS) is 37.1. The van der Waals surface area contributed by atoms with Crippen LogP contribution in [0.1, 0.15) is 12.8 Å². The van der Waals surface area contributed by atoms with Crippen molar-refractivity contribution >= 4 is 22.8 Å². The molecule has 1 saturated carbocycles. The number of carbonyl (C=O) groups is 1. The number of amides is 1. The summed E-state index contributed by atoms with van der Waals surface area (Å²) in [7, 11) is 0. The number of nitrogens with one attached hydrogen (secondary N) is 1. The predicted octanol–water partition coefficient (Wildman–Crippen LogP) is 1.42. The van der Waals surface area contributed by atoms with Crippen LogP contribution >= 0.6 is 11.8 Å². The van der Waals surface area contributed by atoms with Gasteiger partial charge in [-0.25, -0.2) is 0 Å². The summed E-state index contributed by atoms with van der Waals surface area (Å²) < 4.78 is 0. The number of aliphatic imine (C=N–C) groups is 1. The van der Waals surface area contributed by atoms with Crippen molar-refractivity contribution in [2.45, 2.75) is 12.8 Å². The van der Waals surface area contributed by atoms with Gasteiger partial charge >= 0.3 is 0 Å². The van der Waals surface area contributed by atoms with E-state index in [-0.39, 0.29) is 11.8 Å². The van der Waals surface area contributed by atoms with Crippen molar-refractivity contribution in [2.75, 3.05) is 12.3 Å². The fourth-order valence-electron chi connectivity index (χ4n) is 2.69. The average Bonchev–Trinajstić information content (AvgIpc) is 2.93. The maximum absolute atomic E-state index is 12.0. The lowest BCUT2D eigenvalue weighted by Crippen LogP contribution is -2.35. The third kappa shape index (κ3) is 1.71. The fraction of sp³-hybridized carbons (Fsp3) is 0.636. The van der Waals surface area contributed by atoms with E-state index in [0.29, 0.717) is 11.8 Å². The van der Waals surface area contributed by atoms with Gasteiger partial charge in [0, 0.05) is 11.7 Å². The lowest BCUT2D eigenvalue weighted by molar-refractivity contribution is -0.124. The molecular weight excluding hydrogens is 208 g/mol. The second-order valence-electron chi connectivity index (χ2n) is 4.41. The van der Waals surface area contributed by atoms with E-state index in [1.54, 1.807) is 11.8 Å². The molecule has 3 rings (SSSR count). The first kappa shape index (κ1) is 9.46. The SMILES string of the molecule is O=C(NC1=NCCS1)C1CC2C=CC1C2. The molecule has 0 aromatic rings. The van der Waals surface area contributed by atoms with E-state index in [9.17, 15) is 4.79 Å². The number of thioether (sulfide) groups is 1. The van der Waals surface area contributed by atoms with E-state index in [0.717, 1.165) is 23.9 Å². The third-order valence-corrected chi connectivity index (χ3v) is 4.32. The standard InChI is InChI=1S/C11H14N2OS/c14-10(13-11-12-3-4-15-11)9-6-7-1-2-8(9)5-7/h1-2,7-9H,3-6H2,(H,12,13,14). The molecule has 15 heavy (non-hydrogen) atoms. The lowest BCUT2D eigenvalue weighted by atomic mass is 9.93. The second-order valence-corrected chi connectivity index (χ2v) is 5.49. The van der Waals surface area contributed by atoms with Crippen LogP contribution in [0.2, 0.25) is 0 Å².